The van der Waals surface area contributed by atoms with Gasteiger partial charge in [-0.15, -0.1) is 4.40 Å². The van der Waals surface area contributed by atoms with Crippen LogP contribution in [-0.2, 0) is 17.1 Å². The van der Waals surface area contributed by atoms with E-state index in [9.17, 15) is 23.8 Å². The fourth-order valence-electron chi connectivity index (χ4n) is 1.99. The van der Waals surface area contributed by atoms with Crippen molar-refractivity contribution in [2.24, 2.45) is 11.4 Å². The van der Waals surface area contributed by atoms with E-state index in [2.05, 4.69) is 4.40 Å². The average molecular weight is 366 g/mol. The molecule has 0 bridgehead atoms. The standard InChI is InChI=1S/C14H14N4O4S2/c1-9(2)13-12(8-15)17(3)14(23-13)16-24(21,22)11-6-4-5-10(7-11)18(19)20/h4-7,9H,1-3H3/b16-14-. The monoisotopic (exact) mass is 366 g/mol. The second-order valence-corrected chi connectivity index (χ2v) is 7.86. The Morgan fingerprint density at radius 2 is 2.08 bits per heavy atom. The smallest absolute Gasteiger partial charge is 0.285 e. The summed E-state index contributed by atoms with van der Waals surface area (Å²) >= 11 is 1.11. The second kappa shape index (κ2) is 6.54. The van der Waals surface area contributed by atoms with Crippen molar-refractivity contribution in [2.75, 3.05) is 0 Å². The lowest BCUT2D eigenvalue weighted by Crippen LogP contribution is -2.15. The predicted octanol–water partition coefficient (Wildman–Crippen LogP) is 2.28. The summed E-state index contributed by atoms with van der Waals surface area (Å²) in [5.74, 6) is 0.0420. The summed E-state index contributed by atoms with van der Waals surface area (Å²) in [6, 6.07) is 6.74. The van der Waals surface area contributed by atoms with E-state index in [1.165, 1.54) is 22.8 Å². The summed E-state index contributed by atoms with van der Waals surface area (Å²) in [4.78, 5) is 10.7. The zero-order chi connectivity index (χ0) is 18.1. The SMILES string of the molecule is CC(C)c1s/c(=N\S(=O)(=O)c2cccc([N+](=O)[O-])c2)n(C)c1C#N. The topological polar surface area (TPSA) is 118 Å². The van der Waals surface area contributed by atoms with Gasteiger partial charge in [0.1, 0.15) is 11.8 Å². The van der Waals surface area contributed by atoms with Gasteiger partial charge < -0.3 is 4.57 Å². The molecule has 0 radical (unpaired) electrons. The Morgan fingerprint density at radius 3 is 2.58 bits per heavy atom. The summed E-state index contributed by atoms with van der Waals surface area (Å²) in [5.41, 5.74) is 0.0189. The molecule has 2 rings (SSSR count). The van der Waals surface area contributed by atoms with Crippen molar-refractivity contribution < 1.29 is 13.3 Å². The van der Waals surface area contributed by atoms with E-state index in [1.54, 1.807) is 7.05 Å². The van der Waals surface area contributed by atoms with E-state index in [4.69, 9.17) is 0 Å². The van der Waals surface area contributed by atoms with Crippen LogP contribution in [0, 0.1) is 21.4 Å². The van der Waals surface area contributed by atoms with Gasteiger partial charge >= 0.3 is 0 Å². The maximum Gasteiger partial charge on any atom is 0.285 e. The number of rotatable bonds is 4. The van der Waals surface area contributed by atoms with Gasteiger partial charge in [0, 0.05) is 24.1 Å². The molecule has 0 saturated carbocycles. The van der Waals surface area contributed by atoms with Crippen LogP contribution in [0.1, 0.15) is 30.3 Å². The van der Waals surface area contributed by atoms with Gasteiger partial charge in [-0.1, -0.05) is 31.3 Å². The normalized spacial score (nSPS) is 12.4. The highest BCUT2D eigenvalue weighted by molar-refractivity contribution is 7.90. The molecular formula is C14H14N4O4S2. The molecule has 0 fully saturated rings. The Bertz CT molecular complexity index is 1010. The quantitative estimate of drug-likeness (QED) is 0.607. The zero-order valence-corrected chi connectivity index (χ0v) is 14.8. The number of hydrogen-bond acceptors (Lipinski definition) is 6. The Balaban J connectivity index is 2.65. The van der Waals surface area contributed by atoms with Gasteiger partial charge in [0.15, 0.2) is 0 Å². The number of nitriles is 1. The third kappa shape index (κ3) is 3.37. The lowest BCUT2D eigenvalue weighted by Gasteiger charge is -2.00. The van der Waals surface area contributed by atoms with E-state index in [-0.39, 0.29) is 21.3 Å². The number of non-ortho nitro benzene ring substituents is 1. The molecule has 10 heteroatoms. The first-order valence-corrected chi connectivity index (χ1v) is 9.08. The van der Waals surface area contributed by atoms with Crippen LogP contribution in [0.25, 0.3) is 0 Å². The summed E-state index contributed by atoms with van der Waals surface area (Å²) in [6.45, 7) is 3.79. The van der Waals surface area contributed by atoms with Crippen LogP contribution in [0.3, 0.4) is 0 Å². The second-order valence-electron chi connectivity index (χ2n) is 5.24. The molecule has 2 aromatic rings. The molecular weight excluding hydrogens is 352 g/mol. The highest BCUT2D eigenvalue weighted by Gasteiger charge is 2.19. The van der Waals surface area contributed by atoms with Gasteiger partial charge in [-0.3, -0.25) is 10.1 Å². The molecule has 24 heavy (non-hydrogen) atoms. The molecule has 0 aliphatic heterocycles. The predicted molar refractivity (Wildman–Crippen MR) is 87.9 cm³/mol. The maximum atomic E-state index is 12.4. The summed E-state index contributed by atoms with van der Waals surface area (Å²) in [7, 11) is -2.57. The summed E-state index contributed by atoms with van der Waals surface area (Å²) in [6.07, 6.45) is 0. The molecule has 0 atom stereocenters. The van der Waals surface area contributed by atoms with Crippen molar-refractivity contribution in [3.63, 3.8) is 0 Å². The fourth-order valence-corrected chi connectivity index (χ4v) is 4.33. The van der Waals surface area contributed by atoms with Crippen molar-refractivity contribution in [3.8, 4) is 6.07 Å². The number of thiazole rings is 1. The Labute approximate surface area is 142 Å². The molecule has 0 amide bonds. The van der Waals surface area contributed by atoms with Crippen LogP contribution >= 0.6 is 11.3 Å². The molecule has 1 aromatic heterocycles. The highest BCUT2D eigenvalue weighted by Crippen LogP contribution is 2.23. The van der Waals surface area contributed by atoms with E-state index < -0.39 is 14.9 Å². The van der Waals surface area contributed by atoms with Crippen LogP contribution in [-0.4, -0.2) is 17.9 Å². The molecule has 0 aliphatic rings. The van der Waals surface area contributed by atoms with Crippen LogP contribution in [0.2, 0.25) is 0 Å². The van der Waals surface area contributed by atoms with Gasteiger partial charge in [0.2, 0.25) is 4.80 Å². The number of nitrogens with zero attached hydrogens (tertiary/aromatic N) is 4. The largest absolute Gasteiger partial charge is 0.311 e. The molecule has 8 nitrogen and oxygen atoms in total. The molecule has 0 N–H and O–H groups in total. The molecule has 0 saturated heterocycles. The Hall–Kier alpha value is -2.51. The van der Waals surface area contributed by atoms with Crippen molar-refractivity contribution in [2.45, 2.75) is 24.7 Å². The number of aromatic nitrogens is 1. The molecule has 126 valence electrons. The van der Waals surface area contributed by atoms with E-state index in [0.29, 0.717) is 5.69 Å². The minimum absolute atomic E-state index is 0.0420. The highest BCUT2D eigenvalue weighted by atomic mass is 32.2. The van der Waals surface area contributed by atoms with Crippen molar-refractivity contribution in [1.82, 2.24) is 4.57 Å². The number of hydrogen-bond donors (Lipinski definition) is 0. The molecule has 0 aliphatic carbocycles. The van der Waals surface area contributed by atoms with Crippen LogP contribution < -0.4 is 4.80 Å². The van der Waals surface area contributed by atoms with Crippen LogP contribution in [0.4, 0.5) is 5.69 Å². The Kier molecular flexibility index (Phi) is 4.86. The minimum Gasteiger partial charge on any atom is -0.311 e. The van der Waals surface area contributed by atoms with E-state index in [1.807, 2.05) is 19.9 Å². The zero-order valence-electron chi connectivity index (χ0n) is 13.1. The number of nitro groups is 1. The summed E-state index contributed by atoms with van der Waals surface area (Å²) in [5, 5.41) is 20.0. The fraction of sp³-hybridized carbons (Fsp3) is 0.286. The van der Waals surface area contributed by atoms with E-state index >= 15 is 0 Å². The first-order valence-electron chi connectivity index (χ1n) is 6.82. The van der Waals surface area contributed by atoms with Crippen LogP contribution in [0.5, 0.6) is 0 Å². The third-order valence-corrected chi connectivity index (χ3v) is 6.02. The third-order valence-electron chi connectivity index (χ3n) is 3.21. The summed E-state index contributed by atoms with van der Waals surface area (Å²) < 4.78 is 30.0. The van der Waals surface area contributed by atoms with Gasteiger partial charge in [-0.25, -0.2) is 0 Å². The maximum absolute atomic E-state index is 12.4. The molecule has 1 heterocycles. The Morgan fingerprint density at radius 1 is 1.42 bits per heavy atom. The first-order chi connectivity index (χ1) is 11.2. The van der Waals surface area contributed by atoms with Crippen molar-refractivity contribution in [3.05, 3.63) is 49.8 Å². The molecule has 0 spiro atoms. The van der Waals surface area contributed by atoms with Gasteiger partial charge in [0.05, 0.1) is 9.82 Å². The van der Waals surface area contributed by atoms with Crippen LogP contribution in [0.15, 0.2) is 33.6 Å². The van der Waals surface area contributed by atoms with Crippen molar-refractivity contribution >= 4 is 27.0 Å². The minimum atomic E-state index is -4.13. The number of benzene rings is 1. The first kappa shape index (κ1) is 17.8. The number of sulfonamides is 1. The van der Waals surface area contributed by atoms with Gasteiger partial charge in [-0.2, -0.15) is 13.7 Å². The molecule has 0 unspecified atom stereocenters. The van der Waals surface area contributed by atoms with E-state index in [0.717, 1.165) is 22.3 Å². The average Bonchev–Trinajstić information content (AvgIpc) is 2.83. The van der Waals surface area contributed by atoms with Gasteiger partial charge in [0.25, 0.3) is 15.7 Å². The molecule has 1 aromatic carbocycles. The van der Waals surface area contributed by atoms with Gasteiger partial charge in [-0.05, 0) is 12.0 Å². The lowest BCUT2D eigenvalue weighted by molar-refractivity contribution is -0.385. The lowest BCUT2D eigenvalue weighted by atomic mass is 10.1. The number of nitro benzene ring substituents is 1. The van der Waals surface area contributed by atoms with Crippen molar-refractivity contribution in [1.29, 1.82) is 5.26 Å².